The normalized spacial score (nSPS) is 15.7. The summed E-state index contributed by atoms with van der Waals surface area (Å²) in [6, 6.07) is 9.94. The Balaban J connectivity index is 1.94. The zero-order chi connectivity index (χ0) is 12.1. The fraction of sp³-hybridized carbons (Fsp3) is 0.462. The Morgan fingerprint density at radius 1 is 1.12 bits per heavy atom. The van der Waals surface area contributed by atoms with Crippen LogP contribution in [0.5, 0.6) is 0 Å². The van der Waals surface area contributed by atoms with Gasteiger partial charge in [-0.1, -0.05) is 18.2 Å². The summed E-state index contributed by atoms with van der Waals surface area (Å²) in [7, 11) is 0. The molecule has 0 N–H and O–H groups in total. The fourth-order valence-electron chi connectivity index (χ4n) is 2.03. The summed E-state index contributed by atoms with van der Waals surface area (Å²) in [4.78, 5) is 15.9. The third kappa shape index (κ3) is 2.91. The molecule has 1 aliphatic rings. The van der Waals surface area contributed by atoms with E-state index >= 15 is 0 Å². The van der Waals surface area contributed by atoms with E-state index in [0.29, 0.717) is 5.88 Å². The van der Waals surface area contributed by atoms with Crippen LogP contribution >= 0.6 is 11.6 Å². The Morgan fingerprint density at radius 2 is 1.88 bits per heavy atom. The Hall–Kier alpha value is -1.22. The minimum Gasteiger partial charge on any atom is -0.323 e. The van der Waals surface area contributed by atoms with Crippen LogP contribution in [0.1, 0.15) is 12.8 Å². The molecular formula is C13H17ClN2O. The number of hydrogen-bond donors (Lipinski definition) is 0. The summed E-state index contributed by atoms with van der Waals surface area (Å²) >= 11 is 5.63. The molecular weight excluding hydrogens is 236 g/mol. The average Bonchev–Trinajstić information content (AvgIpc) is 2.73. The first-order valence-electron chi connectivity index (χ1n) is 6.00. The summed E-state index contributed by atoms with van der Waals surface area (Å²) < 4.78 is 0. The highest BCUT2D eigenvalue weighted by atomic mass is 35.5. The van der Waals surface area contributed by atoms with Gasteiger partial charge in [0.2, 0.25) is 0 Å². The molecule has 1 aromatic rings. The predicted molar refractivity (Wildman–Crippen MR) is 70.7 cm³/mol. The third-order valence-electron chi connectivity index (χ3n) is 2.97. The number of hydrogen-bond acceptors (Lipinski definition) is 1. The fourth-order valence-corrected chi connectivity index (χ4v) is 2.22. The van der Waals surface area contributed by atoms with Crippen molar-refractivity contribution in [2.75, 3.05) is 30.4 Å². The maximum absolute atomic E-state index is 12.1. The molecule has 1 fully saturated rings. The minimum atomic E-state index is 0.116. The second-order valence-electron chi connectivity index (χ2n) is 4.15. The van der Waals surface area contributed by atoms with Crippen LogP contribution < -0.4 is 4.90 Å². The number of para-hydroxylation sites is 1. The summed E-state index contributed by atoms with van der Waals surface area (Å²) in [5.74, 6) is 0.671. The lowest BCUT2D eigenvalue weighted by molar-refractivity contribution is 0.220. The number of nitrogens with zero attached hydrogens (tertiary/aromatic N) is 2. The number of anilines is 1. The van der Waals surface area contributed by atoms with Gasteiger partial charge in [0.05, 0.1) is 0 Å². The highest BCUT2D eigenvalue weighted by Gasteiger charge is 2.28. The number of carbonyl (C=O) groups excluding carboxylic acids is 1. The van der Waals surface area contributed by atoms with Crippen molar-refractivity contribution in [1.82, 2.24) is 4.90 Å². The van der Waals surface area contributed by atoms with Gasteiger partial charge in [-0.05, 0) is 25.0 Å². The Kier molecular flexibility index (Phi) is 4.26. The van der Waals surface area contributed by atoms with Gasteiger partial charge < -0.3 is 4.90 Å². The molecule has 0 unspecified atom stereocenters. The molecule has 1 saturated heterocycles. The molecule has 2 rings (SSSR count). The lowest BCUT2D eigenvalue weighted by Gasteiger charge is -2.18. The molecule has 0 atom stereocenters. The van der Waals surface area contributed by atoms with Crippen LogP contribution in [0, 0.1) is 0 Å². The Bertz CT molecular complexity index is 369. The molecule has 0 bridgehead atoms. The van der Waals surface area contributed by atoms with Gasteiger partial charge in [-0.25, -0.2) is 4.79 Å². The first-order valence-corrected chi connectivity index (χ1v) is 6.54. The van der Waals surface area contributed by atoms with Crippen molar-refractivity contribution >= 4 is 23.3 Å². The van der Waals surface area contributed by atoms with Gasteiger partial charge in [0, 0.05) is 31.2 Å². The standard InChI is InChI=1S/C13H17ClN2O/c14-8-4-5-9-15-10-11-16(13(15)17)12-6-2-1-3-7-12/h1-3,6-7H,4-5,8-11H2. The van der Waals surface area contributed by atoms with E-state index in [-0.39, 0.29) is 6.03 Å². The van der Waals surface area contributed by atoms with Crippen molar-refractivity contribution in [3.05, 3.63) is 30.3 Å². The molecule has 2 amide bonds. The molecule has 3 nitrogen and oxygen atoms in total. The van der Waals surface area contributed by atoms with Crippen molar-refractivity contribution in [3.63, 3.8) is 0 Å². The SMILES string of the molecule is O=C1N(CCCCCl)CCN1c1ccccc1. The van der Waals surface area contributed by atoms with Crippen LogP contribution in [0.3, 0.4) is 0 Å². The van der Waals surface area contributed by atoms with Gasteiger partial charge in [0.25, 0.3) is 0 Å². The summed E-state index contributed by atoms with van der Waals surface area (Å²) in [5, 5.41) is 0. The molecule has 4 heteroatoms. The van der Waals surface area contributed by atoms with Gasteiger partial charge in [-0.3, -0.25) is 4.90 Å². The molecule has 0 spiro atoms. The number of carbonyl (C=O) groups is 1. The molecule has 17 heavy (non-hydrogen) atoms. The van der Waals surface area contributed by atoms with E-state index in [2.05, 4.69) is 0 Å². The van der Waals surface area contributed by atoms with Crippen molar-refractivity contribution < 1.29 is 4.79 Å². The third-order valence-corrected chi connectivity index (χ3v) is 3.24. The van der Waals surface area contributed by atoms with Crippen molar-refractivity contribution in [1.29, 1.82) is 0 Å². The van der Waals surface area contributed by atoms with Crippen molar-refractivity contribution in [2.45, 2.75) is 12.8 Å². The van der Waals surface area contributed by atoms with Gasteiger partial charge in [-0.2, -0.15) is 0 Å². The number of halogens is 1. The Labute approximate surface area is 107 Å². The van der Waals surface area contributed by atoms with Crippen molar-refractivity contribution in [3.8, 4) is 0 Å². The maximum atomic E-state index is 12.1. The monoisotopic (exact) mass is 252 g/mol. The molecule has 1 heterocycles. The van der Waals surface area contributed by atoms with Crippen LogP contribution in [0.15, 0.2) is 30.3 Å². The summed E-state index contributed by atoms with van der Waals surface area (Å²) in [5.41, 5.74) is 0.984. The van der Waals surface area contributed by atoms with Crippen molar-refractivity contribution in [2.24, 2.45) is 0 Å². The molecule has 0 aromatic heterocycles. The molecule has 92 valence electrons. The topological polar surface area (TPSA) is 23.6 Å². The van der Waals surface area contributed by atoms with Gasteiger partial charge in [0.15, 0.2) is 0 Å². The number of benzene rings is 1. The lowest BCUT2D eigenvalue weighted by Crippen LogP contribution is -2.32. The largest absolute Gasteiger partial charge is 0.324 e. The van der Waals surface area contributed by atoms with E-state index in [1.54, 1.807) is 0 Å². The summed E-state index contributed by atoms with van der Waals surface area (Å²) in [6.07, 6.45) is 1.95. The van der Waals surface area contributed by atoms with Gasteiger partial charge in [0.1, 0.15) is 0 Å². The second-order valence-corrected chi connectivity index (χ2v) is 4.53. The maximum Gasteiger partial charge on any atom is 0.324 e. The molecule has 1 aliphatic heterocycles. The molecule has 0 aliphatic carbocycles. The summed E-state index contributed by atoms with van der Waals surface area (Å²) in [6.45, 7) is 2.41. The van der Waals surface area contributed by atoms with Gasteiger partial charge in [-0.15, -0.1) is 11.6 Å². The number of alkyl halides is 1. The van der Waals surface area contributed by atoms with E-state index in [1.165, 1.54) is 0 Å². The number of rotatable bonds is 5. The van der Waals surface area contributed by atoms with E-state index in [1.807, 2.05) is 40.1 Å². The van der Waals surface area contributed by atoms with Crippen LogP contribution in [-0.4, -0.2) is 36.4 Å². The molecule has 0 saturated carbocycles. The van der Waals surface area contributed by atoms with E-state index in [0.717, 1.165) is 38.2 Å². The second kappa shape index (κ2) is 5.92. The number of amides is 2. The minimum absolute atomic E-state index is 0.116. The van der Waals surface area contributed by atoms with Crippen LogP contribution in [0.25, 0.3) is 0 Å². The zero-order valence-electron chi connectivity index (χ0n) is 9.81. The highest BCUT2D eigenvalue weighted by molar-refractivity contribution is 6.17. The first-order chi connectivity index (χ1) is 8.33. The van der Waals surface area contributed by atoms with Crippen LogP contribution in [-0.2, 0) is 0 Å². The number of urea groups is 1. The molecule has 1 aromatic carbocycles. The van der Waals surface area contributed by atoms with E-state index in [4.69, 9.17) is 11.6 Å². The van der Waals surface area contributed by atoms with Gasteiger partial charge >= 0.3 is 6.03 Å². The lowest BCUT2D eigenvalue weighted by atomic mass is 10.3. The highest BCUT2D eigenvalue weighted by Crippen LogP contribution is 2.19. The zero-order valence-corrected chi connectivity index (χ0v) is 10.6. The van der Waals surface area contributed by atoms with E-state index in [9.17, 15) is 4.79 Å². The average molecular weight is 253 g/mol. The van der Waals surface area contributed by atoms with Crippen LogP contribution in [0.2, 0.25) is 0 Å². The quantitative estimate of drug-likeness (QED) is 0.584. The van der Waals surface area contributed by atoms with E-state index < -0.39 is 0 Å². The first kappa shape index (κ1) is 12.2. The predicted octanol–water partition coefficient (Wildman–Crippen LogP) is 2.95. The van der Waals surface area contributed by atoms with Crippen LogP contribution in [0.4, 0.5) is 10.5 Å². The smallest absolute Gasteiger partial charge is 0.323 e. The number of unbranched alkanes of at least 4 members (excludes halogenated alkanes) is 1. The Morgan fingerprint density at radius 3 is 2.59 bits per heavy atom. The molecule has 0 radical (unpaired) electrons.